The van der Waals surface area contributed by atoms with Crippen molar-refractivity contribution in [2.75, 3.05) is 0 Å². The van der Waals surface area contributed by atoms with Crippen LogP contribution in [0.4, 0.5) is 0 Å². The van der Waals surface area contributed by atoms with Crippen LogP contribution >= 0.6 is 0 Å². The van der Waals surface area contributed by atoms with Crippen molar-refractivity contribution < 1.29 is 0 Å². The topological polar surface area (TPSA) is 38.7 Å². The highest BCUT2D eigenvalue weighted by Crippen LogP contribution is 2.58. The van der Waals surface area contributed by atoms with Gasteiger partial charge in [-0.2, -0.15) is 0 Å². The van der Waals surface area contributed by atoms with E-state index in [0.29, 0.717) is 17.5 Å². The molecule has 0 radical (unpaired) electrons. The summed E-state index contributed by atoms with van der Waals surface area (Å²) in [6.07, 6.45) is 0. The van der Waals surface area contributed by atoms with E-state index in [0.717, 1.165) is 22.1 Å². The molecule has 0 amide bonds. The fourth-order valence-electron chi connectivity index (χ4n) is 7.36. The second-order valence-corrected chi connectivity index (χ2v) is 12.0. The molecule has 0 aliphatic heterocycles. The zero-order valence-electron chi connectivity index (χ0n) is 25.6. The summed E-state index contributed by atoms with van der Waals surface area (Å²) in [6, 6.07) is 62.2. The first-order valence-electron chi connectivity index (χ1n) is 16.0. The molecule has 1 heterocycles. The van der Waals surface area contributed by atoms with Crippen molar-refractivity contribution in [1.82, 2.24) is 15.0 Å². The van der Waals surface area contributed by atoms with E-state index < -0.39 is 5.41 Å². The lowest BCUT2D eigenvalue weighted by atomic mass is 9.66. The third kappa shape index (κ3) is 4.32. The smallest absolute Gasteiger partial charge is 0.164 e. The molecule has 1 aliphatic rings. The Bertz CT molecular complexity index is 2290. The SMILES string of the molecule is c1ccc(-c2nc(-c3ccccc3)nc(-c3ccc4c5c(ccc4c3)-c3ccccc3C5(c3ccccc3)c3ccccc3)n2)cc1. The molecule has 0 saturated heterocycles. The molecular weight excluding hydrogens is 571 g/mol. The Hall–Kier alpha value is -6.19. The quantitative estimate of drug-likeness (QED) is 0.198. The minimum Gasteiger partial charge on any atom is -0.208 e. The summed E-state index contributed by atoms with van der Waals surface area (Å²) in [5, 5.41) is 2.36. The van der Waals surface area contributed by atoms with Crippen LogP contribution in [0, 0.1) is 0 Å². The Balaban J connectivity index is 1.30. The minimum absolute atomic E-state index is 0.469. The van der Waals surface area contributed by atoms with Gasteiger partial charge in [-0.1, -0.05) is 170 Å². The summed E-state index contributed by atoms with van der Waals surface area (Å²) in [6.45, 7) is 0. The molecule has 1 aromatic heterocycles. The van der Waals surface area contributed by atoms with Crippen molar-refractivity contribution in [1.29, 1.82) is 0 Å². The van der Waals surface area contributed by atoms with Gasteiger partial charge in [-0.3, -0.25) is 0 Å². The van der Waals surface area contributed by atoms with E-state index in [1.807, 2.05) is 60.7 Å². The molecule has 8 aromatic rings. The molecule has 0 N–H and O–H groups in total. The van der Waals surface area contributed by atoms with Crippen molar-refractivity contribution >= 4 is 10.8 Å². The predicted octanol–water partition coefficient (Wildman–Crippen LogP) is 10.4. The summed E-state index contributed by atoms with van der Waals surface area (Å²) < 4.78 is 0. The Morgan fingerprint density at radius 2 is 0.851 bits per heavy atom. The van der Waals surface area contributed by atoms with Gasteiger partial charge >= 0.3 is 0 Å². The first-order valence-corrected chi connectivity index (χ1v) is 16.0. The molecule has 0 atom stereocenters. The second kappa shape index (κ2) is 11.0. The van der Waals surface area contributed by atoms with Gasteiger partial charge in [0.15, 0.2) is 17.5 Å². The van der Waals surface area contributed by atoms with E-state index in [1.54, 1.807) is 0 Å². The average Bonchev–Trinajstić information content (AvgIpc) is 3.47. The number of rotatable bonds is 5. The van der Waals surface area contributed by atoms with Gasteiger partial charge < -0.3 is 0 Å². The summed E-state index contributed by atoms with van der Waals surface area (Å²) >= 11 is 0. The summed E-state index contributed by atoms with van der Waals surface area (Å²) in [5.41, 5.74) is 10.1. The van der Waals surface area contributed by atoms with Crippen LogP contribution < -0.4 is 0 Å². The fourth-order valence-corrected chi connectivity index (χ4v) is 7.36. The highest BCUT2D eigenvalue weighted by atomic mass is 15.0. The maximum atomic E-state index is 5.01. The van der Waals surface area contributed by atoms with E-state index in [-0.39, 0.29) is 0 Å². The van der Waals surface area contributed by atoms with Crippen molar-refractivity contribution in [3.8, 4) is 45.3 Å². The Labute approximate surface area is 273 Å². The second-order valence-electron chi connectivity index (χ2n) is 12.0. The predicted molar refractivity (Wildman–Crippen MR) is 191 cm³/mol. The highest BCUT2D eigenvalue weighted by molar-refractivity contribution is 6.01. The average molecular weight is 600 g/mol. The summed E-state index contributed by atoms with van der Waals surface area (Å²) in [7, 11) is 0. The number of fused-ring (bicyclic) bond motifs is 5. The molecule has 3 heteroatoms. The fraction of sp³-hybridized carbons (Fsp3) is 0.0227. The van der Waals surface area contributed by atoms with Gasteiger partial charge in [0, 0.05) is 16.7 Å². The van der Waals surface area contributed by atoms with Crippen LogP contribution in [0.1, 0.15) is 22.3 Å². The van der Waals surface area contributed by atoms with Gasteiger partial charge in [-0.05, 0) is 50.2 Å². The molecule has 0 saturated carbocycles. The monoisotopic (exact) mass is 599 g/mol. The Morgan fingerprint density at radius 1 is 0.362 bits per heavy atom. The van der Waals surface area contributed by atoms with Crippen LogP contribution in [-0.2, 0) is 5.41 Å². The third-order valence-corrected chi connectivity index (χ3v) is 9.39. The van der Waals surface area contributed by atoms with E-state index >= 15 is 0 Å². The first kappa shape index (κ1) is 27.1. The molecule has 0 unspecified atom stereocenters. The summed E-state index contributed by atoms with van der Waals surface area (Å²) in [5.74, 6) is 1.97. The third-order valence-electron chi connectivity index (χ3n) is 9.39. The molecule has 3 nitrogen and oxygen atoms in total. The highest BCUT2D eigenvalue weighted by Gasteiger charge is 2.46. The maximum Gasteiger partial charge on any atom is 0.164 e. The van der Waals surface area contributed by atoms with Crippen molar-refractivity contribution in [2.24, 2.45) is 0 Å². The number of nitrogens with zero attached hydrogens (tertiary/aromatic N) is 3. The standard InChI is InChI=1S/C44H29N3/c1-5-15-30(16-6-1)41-45-42(31-17-7-2-8-18-31)47-43(46-41)33-26-27-36-32(29-33)25-28-38-37-23-13-14-24-39(37)44(40(36)38,34-19-9-3-10-20-34)35-21-11-4-12-22-35/h1-29H. The number of hydrogen-bond acceptors (Lipinski definition) is 3. The van der Waals surface area contributed by atoms with Gasteiger partial charge in [0.05, 0.1) is 5.41 Å². The largest absolute Gasteiger partial charge is 0.208 e. The molecule has 0 spiro atoms. The Morgan fingerprint density at radius 3 is 1.43 bits per heavy atom. The van der Waals surface area contributed by atoms with Gasteiger partial charge in [0.1, 0.15) is 0 Å². The van der Waals surface area contributed by atoms with E-state index in [2.05, 4.69) is 115 Å². The minimum atomic E-state index is -0.469. The number of aromatic nitrogens is 3. The van der Waals surface area contributed by atoms with E-state index in [9.17, 15) is 0 Å². The van der Waals surface area contributed by atoms with Crippen LogP contribution in [0.3, 0.4) is 0 Å². The lowest BCUT2D eigenvalue weighted by molar-refractivity contribution is 0.775. The number of hydrogen-bond donors (Lipinski definition) is 0. The van der Waals surface area contributed by atoms with E-state index in [4.69, 9.17) is 15.0 Å². The van der Waals surface area contributed by atoms with Crippen molar-refractivity contribution in [3.63, 3.8) is 0 Å². The van der Waals surface area contributed by atoms with Gasteiger partial charge in [-0.25, -0.2) is 15.0 Å². The first-order chi connectivity index (χ1) is 23.3. The molecule has 220 valence electrons. The maximum absolute atomic E-state index is 5.01. The lowest BCUT2D eigenvalue weighted by Crippen LogP contribution is -2.28. The van der Waals surface area contributed by atoms with Gasteiger partial charge in [0.2, 0.25) is 0 Å². The number of benzene rings is 7. The van der Waals surface area contributed by atoms with Gasteiger partial charge in [-0.15, -0.1) is 0 Å². The molecule has 0 fully saturated rings. The molecule has 47 heavy (non-hydrogen) atoms. The van der Waals surface area contributed by atoms with Gasteiger partial charge in [0.25, 0.3) is 0 Å². The van der Waals surface area contributed by atoms with Crippen LogP contribution in [0.15, 0.2) is 176 Å². The van der Waals surface area contributed by atoms with Crippen molar-refractivity contribution in [2.45, 2.75) is 5.41 Å². The molecular formula is C44H29N3. The molecule has 9 rings (SSSR count). The van der Waals surface area contributed by atoms with Crippen LogP contribution in [-0.4, -0.2) is 15.0 Å². The molecule has 1 aliphatic carbocycles. The van der Waals surface area contributed by atoms with Crippen LogP contribution in [0.2, 0.25) is 0 Å². The van der Waals surface area contributed by atoms with Crippen molar-refractivity contribution in [3.05, 3.63) is 198 Å². The van der Waals surface area contributed by atoms with Crippen LogP contribution in [0.25, 0.3) is 56.1 Å². The zero-order chi connectivity index (χ0) is 31.2. The van der Waals surface area contributed by atoms with Crippen LogP contribution in [0.5, 0.6) is 0 Å². The Kier molecular flexibility index (Phi) is 6.36. The zero-order valence-corrected chi connectivity index (χ0v) is 25.6. The lowest BCUT2D eigenvalue weighted by Gasteiger charge is -2.34. The molecule has 0 bridgehead atoms. The normalized spacial score (nSPS) is 12.9. The molecule has 7 aromatic carbocycles. The van der Waals surface area contributed by atoms with E-state index in [1.165, 1.54) is 38.8 Å². The summed E-state index contributed by atoms with van der Waals surface area (Å²) in [4.78, 5) is 14.9.